The molecule has 0 aliphatic heterocycles. The summed E-state index contributed by atoms with van der Waals surface area (Å²) >= 11 is 0. The molecule has 0 heterocycles. The number of nitro groups is 1. The molecule has 17 heavy (non-hydrogen) atoms. The molecule has 0 radical (unpaired) electrons. The maximum Gasteiger partial charge on any atom is 0.346 e. The van der Waals surface area contributed by atoms with Gasteiger partial charge in [-0.15, -0.1) is 0 Å². The van der Waals surface area contributed by atoms with E-state index in [0.29, 0.717) is 6.07 Å². The van der Waals surface area contributed by atoms with Gasteiger partial charge >= 0.3 is 5.69 Å². The van der Waals surface area contributed by atoms with Crippen molar-refractivity contribution in [2.24, 2.45) is 5.73 Å². The fourth-order valence-electron chi connectivity index (χ4n) is 1.09. The zero-order valence-corrected chi connectivity index (χ0v) is 9.37. The molecule has 1 rings (SSSR count). The molecule has 0 saturated heterocycles. The number of nitrogens with two attached hydrogens (primary N) is 1. The van der Waals surface area contributed by atoms with Crippen LogP contribution in [0, 0.1) is 21.7 Å². The van der Waals surface area contributed by atoms with E-state index in [1.165, 1.54) is 0 Å². The number of nitrogens with zero attached hydrogens (tertiary/aromatic N) is 1. The molecule has 5 nitrogen and oxygen atoms in total. The summed E-state index contributed by atoms with van der Waals surface area (Å²) in [4.78, 5) is 9.65. The van der Waals surface area contributed by atoms with Crippen molar-refractivity contribution in [1.29, 1.82) is 0 Å². The highest BCUT2D eigenvalue weighted by molar-refractivity contribution is 5.47. The molecule has 1 aromatic rings. The van der Waals surface area contributed by atoms with E-state index in [1.54, 1.807) is 13.8 Å². The van der Waals surface area contributed by atoms with Crippen LogP contribution in [0.25, 0.3) is 0 Å². The quantitative estimate of drug-likeness (QED) is 0.650. The maximum atomic E-state index is 13.2. The lowest BCUT2D eigenvalue weighted by Gasteiger charge is -2.18. The Bertz CT molecular complexity index is 444. The molecule has 0 fully saturated rings. The minimum atomic E-state index is -1.28. The second-order valence-electron chi connectivity index (χ2n) is 4.27. The SMILES string of the molecule is CC(C)(N)COc1cc(F)cc(F)c1[N+](=O)[O-]. The van der Waals surface area contributed by atoms with Crippen molar-refractivity contribution < 1.29 is 18.4 Å². The van der Waals surface area contributed by atoms with E-state index in [4.69, 9.17) is 10.5 Å². The van der Waals surface area contributed by atoms with Gasteiger partial charge in [0.1, 0.15) is 12.4 Å². The minimum absolute atomic E-state index is 0.100. The van der Waals surface area contributed by atoms with Gasteiger partial charge in [0.15, 0.2) is 0 Å². The Morgan fingerprint density at radius 1 is 1.47 bits per heavy atom. The molecule has 94 valence electrons. The van der Waals surface area contributed by atoms with Crippen LogP contribution < -0.4 is 10.5 Å². The molecule has 0 spiro atoms. The summed E-state index contributed by atoms with van der Waals surface area (Å²) in [6.45, 7) is 3.14. The van der Waals surface area contributed by atoms with E-state index >= 15 is 0 Å². The number of hydrogen-bond donors (Lipinski definition) is 1. The summed E-state index contributed by atoms with van der Waals surface area (Å²) in [6.07, 6.45) is 0. The van der Waals surface area contributed by atoms with Crippen LogP contribution in [0.2, 0.25) is 0 Å². The van der Waals surface area contributed by atoms with Gasteiger partial charge in [0.05, 0.1) is 4.92 Å². The fourth-order valence-corrected chi connectivity index (χ4v) is 1.09. The Hall–Kier alpha value is -1.76. The monoisotopic (exact) mass is 246 g/mol. The average molecular weight is 246 g/mol. The number of rotatable bonds is 4. The molecule has 0 bridgehead atoms. The van der Waals surface area contributed by atoms with Gasteiger partial charge in [0, 0.05) is 17.7 Å². The Balaban J connectivity index is 3.09. The van der Waals surface area contributed by atoms with Gasteiger partial charge in [-0.25, -0.2) is 4.39 Å². The van der Waals surface area contributed by atoms with Crippen LogP contribution in [0.5, 0.6) is 5.75 Å². The first kappa shape index (κ1) is 13.3. The number of benzene rings is 1. The zero-order valence-electron chi connectivity index (χ0n) is 9.37. The van der Waals surface area contributed by atoms with E-state index < -0.39 is 33.5 Å². The average Bonchev–Trinajstić information content (AvgIpc) is 2.11. The topological polar surface area (TPSA) is 78.4 Å². The van der Waals surface area contributed by atoms with Crippen LogP contribution in [0.3, 0.4) is 0 Å². The van der Waals surface area contributed by atoms with Crippen LogP contribution in [0.15, 0.2) is 12.1 Å². The van der Waals surface area contributed by atoms with E-state index in [2.05, 4.69) is 0 Å². The van der Waals surface area contributed by atoms with Gasteiger partial charge in [-0.1, -0.05) is 0 Å². The van der Waals surface area contributed by atoms with Gasteiger partial charge in [-0.05, 0) is 13.8 Å². The number of halogens is 2. The van der Waals surface area contributed by atoms with E-state index in [0.717, 1.165) is 6.07 Å². The van der Waals surface area contributed by atoms with Crippen LogP contribution in [0.4, 0.5) is 14.5 Å². The summed E-state index contributed by atoms with van der Waals surface area (Å²) in [5.74, 6) is -2.69. The highest BCUT2D eigenvalue weighted by Gasteiger charge is 2.24. The molecule has 0 saturated carbocycles. The van der Waals surface area contributed by atoms with E-state index in [-0.39, 0.29) is 6.61 Å². The smallest absolute Gasteiger partial charge is 0.346 e. The first-order valence-corrected chi connectivity index (χ1v) is 4.76. The number of nitro benzene ring substituents is 1. The summed E-state index contributed by atoms with van der Waals surface area (Å²) in [6, 6.07) is 1.19. The minimum Gasteiger partial charge on any atom is -0.485 e. The van der Waals surface area contributed by atoms with Crippen molar-refractivity contribution in [3.63, 3.8) is 0 Å². The molecule has 0 aromatic heterocycles. The summed E-state index contributed by atoms with van der Waals surface area (Å²) in [5.41, 5.74) is 3.94. The van der Waals surface area contributed by atoms with Gasteiger partial charge in [0.2, 0.25) is 11.6 Å². The molecule has 0 atom stereocenters. The predicted octanol–water partition coefficient (Wildman–Crippen LogP) is 1.99. The second-order valence-corrected chi connectivity index (χ2v) is 4.27. The number of ether oxygens (including phenoxy) is 1. The van der Waals surface area contributed by atoms with Crippen molar-refractivity contribution in [3.8, 4) is 5.75 Å². The normalized spacial score (nSPS) is 11.4. The molecule has 0 aliphatic carbocycles. The third-order valence-corrected chi connectivity index (χ3v) is 1.78. The van der Waals surface area contributed by atoms with Crippen molar-refractivity contribution in [3.05, 3.63) is 33.9 Å². The standard InChI is InChI=1S/C10H12F2N2O3/c1-10(2,13)5-17-8-4-6(11)3-7(12)9(8)14(15)16/h3-4H,5,13H2,1-2H3. The first-order chi connectivity index (χ1) is 7.70. The number of hydrogen-bond acceptors (Lipinski definition) is 4. The molecule has 0 aliphatic rings. The Labute approximate surface area is 96.3 Å². The molecular weight excluding hydrogens is 234 g/mol. The van der Waals surface area contributed by atoms with Crippen LogP contribution in [-0.2, 0) is 0 Å². The molecule has 0 amide bonds. The third-order valence-electron chi connectivity index (χ3n) is 1.78. The Morgan fingerprint density at radius 2 is 2.06 bits per heavy atom. The Morgan fingerprint density at radius 3 is 2.53 bits per heavy atom. The summed E-state index contributed by atoms with van der Waals surface area (Å²) in [5, 5.41) is 10.6. The summed E-state index contributed by atoms with van der Waals surface area (Å²) < 4.78 is 31.1. The molecule has 7 heteroatoms. The van der Waals surface area contributed by atoms with Crippen LogP contribution in [0.1, 0.15) is 13.8 Å². The molecule has 2 N–H and O–H groups in total. The van der Waals surface area contributed by atoms with Crippen molar-refractivity contribution in [1.82, 2.24) is 0 Å². The lowest BCUT2D eigenvalue weighted by molar-refractivity contribution is -0.388. The van der Waals surface area contributed by atoms with Gasteiger partial charge < -0.3 is 10.5 Å². The Kier molecular flexibility index (Phi) is 3.62. The van der Waals surface area contributed by atoms with Gasteiger partial charge in [0.25, 0.3) is 0 Å². The molecular formula is C10H12F2N2O3. The van der Waals surface area contributed by atoms with Crippen molar-refractivity contribution in [2.45, 2.75) is 19.4 Å². The van der Waals surface area contributed by atoms with Crippen LogP contribution in [-0.4, -0.2) is 17.1 Å². The summed E-state index contributed by atoms with van der Waals surface area (Å²) in [7, 11) is 0. The third kappa shape index (κ3) is 3.63. The maximum absolute atomic E-state index is 13.2. The van der Waals surface area contributed by atoms with Crippen molar-refractivity contribution >= 4 is 5.69 Å². The van der Waals surface area contributed by atoms with Crippen molar-refractivity contribution in [2.75, 3.05) is 6.61 Å². The van der Waals surface area contributed by atoms with Crippen LogP contribution >= 0.6 is 0 Å². The van der Waals surface area contributed by atoms with Gasteiger partial charge in [-0.3, -0.25) is 10.1 Å². The van der Waals surface area contributed by atoms with E-state index in [9.17, 15) is 18.9 Å². The molecule has 0 unspecified atom stereocenters. The first-order valence-electron chi connectivity index (χ1n) is 4.76. The highest BCUT2D eigenvalue weighted by atomic mass is 19.1. The lowest BCUT2D eigenvalue weighted by atomic mass is 10.1. The van der Waals surface area contributed by atoms with Gasteiger partial charge in [-0.2, -0.15) is 4.39 Å². The largest absolute Gasteiger partial charge is 0.485 e. The highest BCUT2D eigenvalue weighted by Crippen LogP contribution is 2.31. The zero-order chi connectivity index (χ0) is 13.2. The predicted molar refractivity (Wildman–Crippen MR) is 56.8 cm³/mol. The van der Waals surface area contributed by atoms with E-state index in [1.807, 2.05) is 0 Å². The molecule has 1 aromatic carbocycles. The fraction of sp³-hybridized carbons (Fsp3) is 0.400. The lowest BCUT2D eigenvalue weighted by Crippen LogP contribution is -2.38. The second kappa shape index (κ2) is 4.62.